The second-order valence-corrected chi connectivity index (χ2v) is 7.07. The number of fused-ring (bicyclic) bond motifs is 1. The van der Waals surface area contributed by atoms with Gasteiger partial charge in [-0.3, -0.25) is 9.59 Å². The lowest BCUT2D eigenvalue weighted by Gasteiger charge is -2.11. The number of carbonyl (C=O) groups excluding carboxylic acids is 2. The van der Waals surface area contributed by atoms with Crippen molar-refractivity contribution in [2.75, 3.05) is 13.2 Å². The Morgan fingerprint density at radius 1 is 1.31 bits per heavy atom. The van der Waals surface area contributed by atoms with Crippen molar-refractivity contribution in [2.45, 2.75) is 32.1 Å². The number of aromatic nitrogens is 1. The lowest BCUT2D eigenvalue weighted by atomic mass is 9.96. The van der Waals surface area contributed by atoms with Crippen LogP contribution in [0.15, 0.2) is 35.0 Å². The fourth-order valence-electron chi connectivity index (χ4n) is 2.97. The molecule has 3 rings (SSSR count). The van der Waals surface area contributed by atoms with Gasteiger partial charge in [-0.25, -0.2) is 4.39 Å². The van der Waals surface area contributed by atoms with E-state index in [1.807, 2.05) is 0 Å². The Hall–Kier alpha value is -2.87. The van der Waals surface area contributed by atoms with E-state index in [0.717, 1.165) is 43.0 Å². The Labute approximate surface area is 172 Å². The molecule has 2 aromatic rings. The topological polar surface area (TPSA) is 93.5 Å². The van der Waals surface area contributed by atoms with E-state index in [2.05, 4.69) is 22.4 Å². The number of halogens is 2. The van der Waals surface area contributed by atoms with E-state index in [-0.39, 0.29) is 41.5 Å². The summed E-state index contributed by atoms with van der Waals surface area (Å²) in [6, 6.07) is 3.93. The van der Waals surface area contributed by atoms with Crippen LogP contribution in [0.25, 0.3) is 0 Å². The molecule has 0 saturated heterocycles. The summed E-state index contributed by atoms with van der Waals surface area (Å²) in [7, 11) is 0. The van der Waals surface area contributed by atoms with Crippen molar-refractivity contribution < 1.29 is 23.2 Å². The van der Waals surface area contributed by atoms with E-state index in [1.165, 1.54) is 12.1 Å². The third-order valence-electron chi connectivity index (χ3n) is 4.47. The summed E-state index contributed by atoms with van der Waals surface area (Å²) in [4.78, 5) is 24.2. The molecule has 0 saturated carbocycles. The maximum atomic E-state index is 13.3. The average Bonchev–Trinajstić information content (AvgIpc) is 3.13. The predicted molar refractivity (Wildman–Crippen MR) is 104 cm³/mol. The minimum Gasteiger partial charge on any atom is -0.484 e. The normalized spacial score (nSPS) is 12.8. The highest BCUT2D eigenvalue weighted by Crippen LogP contribution is 2.24. The highest BCUT2D eigenvalue weighted by atomic mass is 35.5. The van der Waals surface area contributed by atoms with Gasteiger partial charge >= 0.3 is 0 Å². The predicted octanol–water partition coefficient (Wildman–Crippen LogP) is 3.17. The molecule has 0 fully saturated rings. The summed E-state index contributed by atoms with van der Waals surface area (Å²) < 4.78 is 23.7. The number of hydrogen-bond acceptors (Lipinski definition) is 5. The molecule has 0 bridgehead atoms. The van der Waals surface area contributed by atoms with Crippen LogP contribution < -0.4 is 15.4 Å². The molecule has 1 aromatic heterocycles. The van der Waals surface area contributed by atoms with Crippen LogP contribution in [0.4, 0.5) is 4.39 Å². The van der Waals surface area contributed by atoms with Crippen LogP contribution in [0.3, 0.4) is 0 Å². The summed E-state index contributed by atoms with van der Waals surface area (Å²) in [5.41, 5.74) is 2.16. The summed E-state index contributed by atoms with van der Waals surface area (Å²) in [6.45, 7) is 3.78. The Balaban J connectivity index is 1.38. The molecule has 1 aliphatic rings. The zero-order valence-electron chi connectivity index (χ0n) is 15.7. The molecule has 154 valence electrons. The van der Waals surface area contributed by atoms with Crippen molar-refractivity contribution in [3.8, 4) is 5.75 Å². The second kappa shape index (κ2) is 9.56. The van der Waals surface area contributed by atoms with Crippen molar-refractivity contribution in [3.05, 3.63) is 58.3 Å². The van der Waals surface area contributed by atoms with Crippen molar-refractivity contribution in [3.63, 3.8) is 0 Å². The zero-order valence-corrected chi connectivity index (χ0v) is 16.5. The summed E-state index contributed by atoms with van der Waals surface area (Å²) in [6.07, 6.45) is 3.99. The first-order valence-electron chi connectivity index (χ1n) is 9.25. The molecule has 29 heavy (non-hydrogen) atoms. The summed E-state index contributed by atoms with van der Waals surface area (Å²) in [5, 5.41) is 9.25. The van der Waals surface area contributed by atoms with Gasteiger partial charge in [-0.05, 0) is 37.8 Å². The number of rotatable bonds is 8. The Bertz CT molecular complexity index is 928. The molecule has 9 heteroatoms. The number of carbonyl (C=O) groups is 2. The molecule has 2 N–H and O–H groups in total. The maximum Gasteiger partial charge on any atom is 0.294 e. The van der Waals surface area contributed by atoms with Crippen molar-refractivity contribution >= 4 is 23.4 Å². The van der Waals surface area contributed by atoms with Crippen LogP contribution in [0.1, 0.15) is 41.1 Å². The first kappa shape index (κ1) is 20.9. The third kappa shape index (κ3) is 5.57. The van der Waals surface area contributed by atoms with Gasteiger partial charge in [0.15, 0.2) is 6.61 Å². The fraction of sp³-hybridized carbons (Fsp3) is 0.350. The monoisotopic (exact) mass is 421 g/mol. The van der Waals surface area contributed by atoms with E-state index in [1.54, 1.807) is 0 Å². The van der Waals surface area contributed by atoms with E-state index < -0.39 is 5.82 Å². The SMILES string of the molecule is C=C(CCNC(=O)COc1ccc(Cl)c(F)c1)NC(=O)c1onc2c1CCCC2. The molecule has 0 radical (unpaired) electrons. The molecule has 0 atom stereocenters. The average molecular weight is 422 g/mol. The summed E-state index contributed by atoms with van der Waals surface area (Å²) >= 11 is 5.59. The number of nitrogens with one attached hydrogen (secondary N) is 2. The quantitative estimate of drug-likeness (QED) is 0.682. The van der Waals surface area contributed by atoms with Gasteiger partial charge in [0.1, 0.15) is 11.6 Å². The first-order valence-corrected chi connectivity index (χ1v) is 9.63. The number of amides is 2. The first-order chi connectivity index (χ1) is 13.9. The van der Waals surface area contributed by atoms with Crippen molar-refractivity contribution in [1.82, 2.24) is 15.8 Å². The van der Waals surface area contributed by atoms with Crippen LogP contribution in [0.5, 0.6) is 5.75 Å². The van der Waals surface area contributed by atoms with Crippen molar-refractivity contribution in [1.29, 1.82) is 0 Å². The van der Waals surface area contributed by atoms with Gasteiger partial charge in [0.2, 0.25) is 5.76 Å². The van der Waals surface area contributed by atoms with Gasteiger partial charge in [0.25, 0.3) is 11.8 Å². The summed E-state index contributed by atoms with van der Waals surface area (Å²) in [5.74, 6) is -0.957. The molecule has 1 aliphatic carbocycles. The molecular formula is C20H21ClFN3O4. The second-order valence-electron chi connectivity index (χ2n) is 6.67. The van der Waals surface area contributed by atoms with Gasteiger partial charge < -0.3 is 19.9 Å². The Morgan fingerprint density at radius 2 is 2.10 bits per heavy atom. The number of hydrogen-bond donors (Lipinski definition) is 2. The number of nitrogens with zero attached hydrogens (tertiary/aromatic N) is 1. The van der Waals surface area contributed by atoms with E-state index >= 15 is 0 Å². The lowest BCUT2D eigenvalue weighted by molar-refractivity contribution is -0.123. The fourth-order valence-corrected chi connectivity index (χ4v) is 3.09. The molecule has 2 amide bonds. The van der Waals surface area contributed by atoms with Crippen molar-refractivity contribution in [2.24, 2.45) is 0 Å². The van der Waals surface area contributed by atoms with Crippen LogP contribution in [-0.2, 0) is 17.6 Å². The molecular weight excluding hydrogens is 401 g/mol. The van der Waals surface area contributed by atoms with Crippen LogP contribution >= 0.6 is 11.6 Å². The van der Waals surface area contributed by atoms with Gasteiger partial charge in [-0.1, -0.05) is 23.3 Å². The van der Waals surface area contributed by atoms with Crippen LogP contribution in [0, 0.1) is 5.82 Å². The highest BCUT2D eigenvalue weighted by molar-refractivity contribution is 6.30. The minimum atomic E-state index is -0.621. The van der Waals surface area contributed by atoms with Crippen LogP contribution in [0.2, 0.25) is 5.02 Å². The largest absolute Gasteiger partial charge is 0.484 e. The van der Waals surface area contributed by atoms with E-state index in [0.29, 0.717) is 12.1 Å². The minimum absolute atomic E-state index is 0.0202. The standard InChI is InChI=1S/C20H21ClFN3O4/c1-12(24-20(27)19-14-4-2-3-5-17(14)25-29-19)8-9-23-18(26)11-28-13-6-7-15(21)16(22)10-13/h6-7,10H,1-5,8-9,11H2,(H,23,26)(H,24,27). The third-order valence-corrected chi connectivity index (χ3v) is 4.77. The smallest absolute Gasteiger partial charge is 0.294 e. The van der Waals surface area contributed by atoms with Gasteiger partial charge in [0, 0.05) is 30.3 Å². The number of ether oxygens (including phenoxy) is 1. The lowest BCUT2D eigenvalue weighted by Crippen LogP contribution is -2.31. The Kier molecular flexibility index (Phi) is 6.87. The maximum absolute atomic E-state index is 13.3. The zero-order chi connectivity index (χ0) is 20.8. The molecule has 1 heterocycles. The molecule has 1 aromatic carbocycles. The van der Waals surface area contributed by atoms with E-state index in [9.17, 15) is 14.0 Å². The van der Waals surface area contributed by atoms with Crippen LogP contribution in [-0.4, -0.2) is 30.1 Å². The number of aryl methyl sites for hydroxylation is 1. The molecule has 0 aliphatic heterocycles. The van der Waals surface area contributed by atoms with Gasteiger partial charge in [-0.2, -0.15) is 0 Å². The Morgan fingerprint density at radius 3 is 2.90 bits per heavy atom. The van der Waals surface area contributed by atoms with Gasteiger partial charge in [-0.15, -0.1) is 0 Å². The molecule has 0 spiro atoms. The molecule has 0 unspecified atom stereocenters. The number of benzene rings is 1. The van der Waals surface area contributed by atoms with Gasteiger partial charge in [0.05, 0.1) is 10.7 Å². The van der Waals surface area contributed by atoms with E-state index in [4.69, 9.17) is 20.9 Å². The molecule has 7 nitrogen and oxygen atoms in total. The highest BCUT2D eigenvalue weighted by Gasteiger charge is 2.24.